The minimum Gasteiger partial charge on any atom is -0.497 e. The third-order valence-electron chi connectivity index (χ3n) is 3.08. The Bertz CT molecular complexity index is 681. The lowest BCUT2D eigenvalue weighted by molar-refractivity contribution is 0.100. The first-order chi connectivity index (χ1) is 10.0. The number of hydrogen-bond donors (Lipinski definition) is 2. The molecule has 2 amide bonds. The van der Waals surface area contributed by atoms with Crippen LogP contribution < -0.4 is 15.8 Å². The van der Waals surface area contributed by atoms with Crippen LogP contribution in [-0.4, -0.2) is 18.9 Å². The Kier molecular flexibility index (Phi) is 4.23. The zero-order chi connectivity index (χ0) is 15.4. The van der Waals surface area contributed by atoms with Crippen molar-refractivity contribution in [3.8, 4) is 5.75 Å². The number of primary amides is 1. The lowest BCUT2D eigenvalue weighted by Crippen LogP contribution is -2.19. The van der Waals surface area contributed by atoms with Crippen LogP contribution in [-0.2, 0) is 0 Å². The molecule has 5 heteroatoms. The van der Waals surface area contributed by atoms with Gasteiger partial charge in [-0.2, -0.15) is 0 Å². The summed E-state index contributed by atoms with van der Waals surface area (Å²) in [6, 6.07) is 12.0. The van der Waals surface area contributed by atoms with E-state index >= 15 is 0 Å². The maximum Gasteiger partial charge on any atom is 0.255 e. The van der Waals surface area contributed by atoms with Gasteiger partial charge in [0.05, 0.1) is 18.4 Å². The summed E-state index contributed by atoms with van der Waals surface area (Å²) in [5.74, 6) is -0.411. The Morgan fingerprint density at radius 1 is 1.14 bits per heavy atom. The van der Waals surface area contributed by atoms with Crippen molar-refractivity contribution in [2.24, 2.45) is 5.73 Å². The van der Waals surface area contributed by atoms with Crippen molar-refractivity contribution in [3.05, 3.63) is 59.2 Å². The molecule has 5 nitrogen and oxygen atoms in total. The number of amides is 2. The number of benzene rings is 2. The molecule has 0 aliphatic carbocycles. The Labute approximate surface area is 122 Å². The van der Waals surface area contributed by atoms with Crippen molar-refractivity contribution < 1.29 is 14.3 Å². The average Bonchev–Trinajstić information content (AvgIpc) is 2.49. The van der Waals surface area contributed by atoms with Crippen LogP contribution in [0.25, 0.3) is 0 Å². The standard InChI is InChI=1S/C16H16N2O3/c1-10-8-12(21-2)9-13(15(17)19)14(10)18-16(20)11-6-4-3-5-7-11/h3-9H,1-2H3,(H2,17,19)(H,18,20). The highest BCUT2D eigenvalue weighted by atomic mass is 16.5. The van der Waals surface area contributed by atoms with Gasteiger partial charge in [-0.15, -0.1) is 0 Å². The zero-order valence-electron chi connectivity index (χ0n) is 11.8. The van der Waals surface area contributed by atoms with Gasteiger partial charge < -0.3 is 15.8 Å². The third kappa shape index (κ3) is 3.20. The number of nitrogens with two attached hydrogens (primary N) is 1. The molecule has 3 N–H and O–H groups in total. The molecule has 0 radical (unpaired) electrons. The molecule has 0 atom stereocenters. The van der Waals surface area contributed by atoms with Crippen molar-refractivity contribution in [1.29, 1.82) is 0 Å². The normalized spacial score (nSPS) is 10.0. The summed E-state index contributed by atoms with van der Waals surface area (Å²) in [7, 11) is 1.50. The topological polar surface area (TPSA) is 81.4 Å². The third-order valence-corrected chi connectivity index (χ3v) is 3.08. The molecule has 0 aromatic heterocycles. The Balaban J connectivity index is 2.40. The number of methoxy groups -OCH3 is 1. The summed E-state index contributed by atoms with van der Waals surface area (Å²) >= 11 is 0. The first-order valence-corrected chi connectivity index (χ1v) is 6.37. The zero-order valence-corrected chi connectivity index (χ0v) is 11.8. The molecule has 0 unspecified atom stereocenters. The van der Waals surface area contributed by atoms with Gasteiger partial charge in [-0.1, -0.05) is 18.2 Å². The van der Waals surface area contributed by atoms with E-state index in [1.165, 1.54) is 13.2 Å². The van der Waals surface area contributed by atoms with Gasteiger partial charge in [0.25, 0.3) is 11.8 Å². The van der Waals surface area contributed by atoms with Gasteiger partial charge in [-0.05, 0) is 36.8 Å². The van der Waals surface area contributed by atoms with Crippen molar-refractivity contribution >= 4 is 17.5 Å². The first kappa shape index (κ1) is 14.6. The van der Waals surface area contributed by atoms with E-state index in [1.54, 1.807) is 37.3 Å². The summed E-state index contributed by atoms with van der Waals surface area (Å²) in [5, 5.41) is 2.73. The average molecular weight is 284 g/mol. The van der Waals surface area contributed by atoms with Gasteiger partial charge in [-0.3, -0.25) is 9.59 Å². The van der Waals surface area contributed by atoms with Crippen LogP contribution in [0.3, 0.4) is 0 Å². The number of hydrogen-bond acceptors (Lipinski definition) is 3. The van der Waals surface area contributed by atoms with Gasteiger partial charge in [0.1, 0.15) is 5.75 Å². The highest BCUT2D eigenvalue weighted by Gasteiger charge is 2.16. The summed E-state index contributed by atoms with van der Waals surface area (Å²) in [5.41, 5.74) is 7.20. The van der Waals surface area contributed by atoms with E-state index in [2.05, 4.69) is 5.32 Å². The highest BCUT2D eigenvalue weighted by molar-refractivity contribution is 6.09. The molecular formula is C16H16N2O3. The van der Waals surface area contributed by atoms with Crippen molar-refractivity contribution in [2.75, 3.05) is 12.4 Å². The molecule has 21 heavy (non-hydrogen) atoms. The molecule has 108 valence electrons. The first-order valence-electron chi connectivity index (χ1n) is 6.37. The van der Waals surface area contributed by atoms with Crippen LogP contribution in [0.4, 0.5) is 5.69 Å². The molecule has 0 saturated carbocycles. The van der Waals surface area contributed by atoms with E-state index in [0.29, 0.717) is 22.6 Å². The molecule has 0 aliphatic rings. The number of carbonyl (C=O) groups is 2. The Morgan fingerprint density at radius 3 is 2.38 bits per heavy atom. The fourth-order valence-corrected chi connectivity index (χ4v) is 2.01. The Hall–Kier alpha value is -2.82. The van der Waals surface area contributed by atoms with Crippen molar-refractivity contribution in [1.82, 2.24) is 0 Å². The van der Waals surface area contributed by atoms with E-state index in [1.807, 2.05) is 6.07 Å². The molecule has 0 fully saturated rings. The van der Waals surface area contributed by atoms with Crippen LogP contribution in [0.15, 0.2) is 42.5 Å². The van der Waals surface area contributed by atoms with Crippen LogP contribution in [0.1, 0.15) is 26.3 Å². The number of carbonyl (C=O) groups excluding carboxylic acids is 2. The second kappa shape index (κ2) is 6.09. The maximum absolute atomic E-state index is 12.2. The molecule has 0 saturated heterocycles. The molecule has 2 aromatic rings. The molecule has 0 bridgehead atoms. The van der Waals surface area contributed by atoms with Crippen molar-refractivity contribution in [2.45, 2.75) is 6.92 Å². The quantitative estimate of drug-likeness (QED) is 0.904. The number of nitrogens with one attached hydrogen (secondary N) is 1. The molecule has 2 aromatic carbocycles. The molecule has 0 spiro atoms. The van der Waals surface area contributed by atoms with E-state index in [9.17, 15) is 9.59 Å². The van der Waals surface area contributed by atoms with Crippen molar-refractivity contribution in [3.63, 3.8) is 0 Å². The number of anilines is 1. The van der Waals surface area contributed by atoms with Gasteiger partial charge in [0.2, 0.25) is 0 Å². The highest BCUT2D eigenvalue weighted by Crippen LogP contribution is 2.27. The van der Waals surface area contributed by atoms with Crippen LogP contribution >= 0.6 is 0 Å². The minimum atomic E-state index is -0.625. The SMILES string of the molecule is COc1cc(C)c(NC(=O)c2ccccc2)c(C(N)=O)c1. The Morgan fingerprint density at radius 2 is 1.81 bits per heavy atom. The predicted molar refractivity (Wildman–Crippen MR) is 80.6 cm³/mol. The molecular weight excluding hydrogens is 268 g/mol. The number of ether oxygens (including phenoxy) is 1. The van der Waals surface area contributed by atoms with Crippen LogP contribution in [0.5, 0.6) is 5.75 Å². The summed E-state index contributed by atoms with van der Waals surface area (Å²) in [6.07, 6.45) is 0. The van der Waals surface area contributed by atoms with E-state index in [4.69, 9.17) is 10.5 Å². The number of rotatable bonds is 4. The molecule has 0 heterocycles. The largest absolute Gasteiger partial charge is 0.497 e. The molecule has 0 aliphatic heterocycles. The van der Waals surface area contributed by atoms with E-state index in [-0.39, 0.29) is 11.5 Å². The van der Waals surface area contributed by atoms with Gasteiger partial charge >= 0.3 is 0 Å². The second-order valence-electron chi connectivity index (χ2n) is 4.55. The summed E-state index contributed by atoms with van der Waals surface area (Å²) in [6.45, 7) is 1.77. The van der Waals surface area contributed by atoms with E-state index < -0.39 is 5.91 Å². The second-order valence-corrected chi connectivity index (χ2v) is 4.55. The lowest BCUT2D eigenvalue weighted by Gasteiger charge is -2.14. The van der Waals surface area contributed by atoms with Gasteiger partial charge in [0.15, 0.2) is 0 Å². The lowest BCUT2D eigenvalue weighted by atomic mass is 10.1. The maximum atomic E-state index is 12.2. The molecule has 2 rings (SSSR count). The van der Waals surface area contributed by atoms with Crippen LogP contribution in [0.2, 0.25) is 0 Å². The van der Waals surface area contributed by atoms with Crippen LogP contribution in [0, 0.1) is 6.92 Å². The van der Waals surface area contributed by atoms with E-state index in [0.717, 1.165) is 0 Å². The fraction of sp³-hybridized carbons (Fsp3) is 0.125. The predicted octanol–water partition coefficient (Wildman–Crippen LogP) is 2.35. The minimum absolute atomic E-state index is 0.219. The summed E-state index contributed by atoms with van der Waals surface area (Å²) in [4.78, 5) is 23.8. The van der Waals surface area contributed by atoms with Gasteiger partial charge in [-0.25, -0.2) is 0 Å². The summed E-state index contributed by atoms with van der Waals surface area (Å²) < 4.78 is 5.11. The number of aryl methyl sites for hydroxylation is 1. The smallest absolute Gasteiger partial charge is 0.255 e. The van der Waals surface area contributed by atoms with Gasteiger partial charge in [0, 0.05) is 5.56 Å². The fourth-order valence-electron chi connectivity index (χ4n) is 2.01. The monoisotopic (exact) mass is 284 g/mol.